The Balaban J connectivity index is 2.81. The summed E-state index contributed by atoms with van der Waals surface area (Å²) in [6.45, 7) is 4.89. The largest absolute Gasteiger partial charge is 0.481 e. The van der Waals surface area contributed by atoms with E-state index in [9.17, 15) is 9.59 Å². The van der Waals surface area contributed by atoms with Crippen molar-refractivity contribution >= 4 is 11.8 Å². The number of rotatable bonds is 2. The average Bonchev–Trinajstić information content (AvgIpc) is 2.37. The van der Waals surface area contributed by atoms with Crippen LogP contribution in [0.2, 0.25) is 0 Å². The summed E-state index contributed by atoms with van der Waals surface area (Å²) in [5.41, 5.74) is -0.786. The highest BCUT2D eigenvalue weighted by molar-refractivity contribution is 5.93. The van der Waals surface area contributed by atoms with Gasteiger partial charge in [-0.2, -0.15) is 0 Å². The topological polar surface area (TPSA) is 54.4 Å². The van der Waals surface area contributed by atoms with E-state index in [-0.39, 0.29) is 17.6 Å². The molecule has 0 amide bonds. The van der Waals surface area contributed by atoms with Gasteiger partial charge in [-0.1, -0.05) is 6.92 Å². The van der Waals surface area contributed by atoms with Crippen LogP contribution in [0.4, 0.5) is 0 Å². The molecule has 1 aliphatic rings. The minimum absolute atomic E-state index is 0.00231. The van der Waals surface area contributed by atoms with Gasteiger partial charge in [-0.25, -0.2) is 0 Å². The Morgan fingerprint density at radius 1 is 1.45 bits per heavy atom. The van der Waals surface area contributed by atoms with Crippen LogP contribution in [0.15, 0.2) is 0 Å². The average molecular weight is 156 g/mol. The van der Waals surface area contributed by atoms with Gasteiger partial charge in [-0.05, 0) is 19.8 Å². The molecule has 3 atom stereocenters. The molecule has 0 radical (unpaired) electrons. The van der Waals surface area contributed by atoms with Crippen molar-refractivity contribution in [2.45, 2.75) is 20.8 Å². The van der Waals surface area contributed by atoms with Gasteiger partial charge in [0.15, 0.2) is 0 Å². The molecule has 0 bridgehead atoms. The third-order valence-corrected chi connectivity index (χ3v) is 2.88. The maximum absolute atomic E-state index is 10.9. The molecule has 0 heterocycles. The van der Waals surface area contributed by atoms with Crippen LogP contribution in [0.5, 0.6) is 0 Å². The Kier molecular flexibility index (Phi) is 1.54. The van der Waals surface area contributed by atoms with Crippen LogP contribution >= 0.6 is 0 Å². The van der Waals surface area contributed by atoms with Gasteiger partial charge < -0.3 is 5.11 Å². The van der Waals surface area contributed by atoms with Gasteiger partial charge in [0.1, 0.15) is 5.78 Å². The van der Waals surface area contributed by atoms with Gasteiger partial charge in [-0.15, -0.1) is 0 Å². The molecule has 0 aliphatic heterocycles. The molecule has 3 heteroatoms. The smallest absolute Gasteiger partial charge is 0.310 e. The molecule has 3 nitrogen and oxygen atoms in total. The molecule has 0 aromatic carbocycles. The molecule has 0 aromatic heterocycles. The molecule has 1 N–H and O–H groups in total. The number of carboxylic acid groups (broad SMARTS) is 1. The van der Waals surface area contributed by atoms with Crippen molar-refractivity contribution in [3.63, 3.8) is 0 Å². The predicted molar refractivity (Wildman–Crippen MR) is 39.1 cm³/mol. The number of hydrogen-bond acceptors (Lipinski definition) is 2. The summed E-state index contributed by atoms with van der Waals surface area (Å²) in [6.07, 6.45) is 0. The molecule has 62 valence electrons. The Morgan fingerprint density at radius 2 is 1.91 bits per heavy atom. The van der Waals surface area contributed by atoms with Gasteiger partial charge in [-0.3, -0.25) is 9.59 Å². The molecular weight excluding hydrogens is 144 g/mol. The lowest BCUT2D eigenvalue weighted by atomic mass is 10.1. The molecule has 1 fully saturated rings. The first-order chi connectivity index (χ1) is 4.92. The van der Waals surface area contributed by atoms with Crippen LogP contribution in [0.25, 0.3) is 0 Å². The van der Waals surface area contributed by atoms with Crippen LogP contribution in [0, 0.1) is 17.3 Å². The van der Waals surface area contributed by atoms with Crippen LogP contribution in [0.3, 0.4) is 0 Å². The number of ketones is 1. The maximum Gasteiger partial charge on any atom is 0.310 e. The highest BCUT2D eigenvalue weighted by Gasteiger charge is 2.66. The second kappa shape index (κ2) is 2.06. The lowest BCUT2D eigenvalue weighted by Gasteiger charge is -2.00. The lowest BCUT2D eigenvalue weighted by Crippen LogP contribution is -2.16. The summed E-state index contributed by atoms with van der Waals surface area (Å²) in [6, 6.07) is 0. The third kappa shape index (κ3) is 0.870. The van der Waals surface area contributed by atoms with Crippen molar-refractivity contribution in [3.05, 3.63) is 0 Å². The van der Waals surface area contributed by atoms with Crippen molar-refractivity contribution in [2.75, 3.05) is 0 Å². The molecule has 1 unspecified atom stereocenters. The van der Waals surface area contributed by atoms with Crippen molar-refractivity contribution < 1.29 is 14.7 Å². The van der Waals surface area contributed by atoms with E-state index in [1.807, 2.05) is 0 Å². The zero-order valence-corrected chi connectivity index (χ0v) is 6.92. The number of Topliss-reactive ketones (excluding diaryl/α,β-unsaturated/α-hetero) is 1. The summed E-state index contributed by atoms with van der Waals surface area (Å²) in [5, 5.41) is 8.75. The zero-order valence-electron chi connectivity index (χ0n) is 6.92. The van der Waals surface area contributed by atoms with E-state index in [1.165, 1.54) is 6.92 Å². The van der Waals surface area contributed by atoms with Gasteiger partial charge in [0.05, 0.1) is 5.41 Å². The van der Waals surface area contributed by atoms with E-state index in [4.69, 9.17) is 5.11 Å². The normalized spacial score (nSPS) is 41.7. The molecular formula is C8H12O3. The van der Waals surface area contributed by atoms with Gasteiger partial charge in [0, 0.05) is 5.92 Å². The summed E-state index contributed by atoms with van der Waals surface area (Å²) in [5.74, 6) is -1.13. The third-order valence-electron chi connectivity index (χ3n) is 2.88. The molecule has 1 rings (SSSR count). The first kappa shape index (κ1) is 8.24. The Labute approximate surface area is 65.4 Å². The molecule has 0 aromatic rings. The molecule has 11 heavy (non-hydrogen) atoms. The molecule has 0 saturated heterocycles. The second-order valence-corrected chi connectivity index (χ2v) is 3.46. The zero-order chi connectivity index (χ0) is 8.81. The monoisotopic (exact) mass is 156 g/mol. The summed E-state index contributed by atoms with van der Waals surface area (Å²) < 4.78 is 0. The van der Waals surface area contributed by atoms with Crippen molar-refractivity contribution in [2.24, 2.45) is 17.3 Å². The van der Waals surface area contributed by atoms with Crippen LogP contribution in [0.1, 0.15) is 20.8 Å². The van der Waals surface area contributed by atoms with Crippen molar-refractivity contribution in [1.29, 1.82) is 0 Å². The van der Waals surface area contributed by atoms with Crippen LogP contribution in [-0.2, 0) is 9.59 Å². The minimum Gasteiger partial charge on any atom is -0.481 e. The number of carboxylic acids is 1. The fraction of sp³-hybridized carbons (Fsp3) is 0.750. The number of carbonyl (C=O) groups excluding carboxylic acids is 1. The number of carbonyl (C=O) groups is 2. The minimum atomic E-state index is -0.856. The van der Waals surface area contributed by atoms with Crippen molar-refractivity contribution in [1.82, 2.24) is 0 Å². The van der Waals surface area contributed by atoms with Crippen LogP contribution < -0.4 is 0 Å². The fourth-order valence-corrected chi connectivity index (χ4v) is 1.83. The van der Waals surface area contributed by atoms with E-state index in [0.717, 1.165) is 0 Å². The molecule has 1 aliphatic carbocycles. The van der Waals surface area contributed by atoms with E-state index in [1.54, 1.807) is 13.8 Å². The summed E-state index contributed by atoms with van der Waals surface area (Å²) >= 11 is 0. The van der Waals surface area contributed by atoms with Crippen molar-refractivity contribution in [3.8, 4) is 0 Å². The highest BCUT2D eigenvalue weighted by atomic mass is 16.4. The van der Waals surface area contributed by atoms with Gasteiger partial charge >= 0.3 is 5.97 Å². The molecule has 0 spiro atoms. The summed E-state index contributed by atoms with van der Waals surface area (Å²) in [4.78, 5) is 21.5. The highest BCUT2D eigenvalue weighted by Crippen LogP contribution is 2.58. The van der Waals surface area contributed by atoms with Gasteiger partial charge in [0.2, 0.25) is 0 Å². The lowest BCUT2D eigenvalue weighted by molar-refractivity contribution is -0.144. The SMILES string of the molecule is CC(=O)[C@H]1[C@H](C)C1(C)C(=O)O. The maximum atomic E-state index is 10.9. The molecule has 1 saturated carbocycles. The second-order valence-electron chi connectivity index (χ2n) is 3.46. The first-order valence-corrected chi connectivity index (χ1v) is 3.66. The van der Waals surface area contributed by atoms with E-state index < -0.39 is 11.4 Å². The predicted octanol–water partition coefficient (Wildman–Crippen LogP) is 0.932. The summed E-state index contributed by atoms with van der Waals surface area (Å²) in [7, 11) is 0. The standard InChI is InChI=1S/C8H12O3/c1-4-6(5(2)9)8(4,3)7(10)11/h4,6H,1-3H3,(H,10,11)/t4-,6+,8?/m0/s1. The Bertz CT molecular complexity index is 221. The Hall–Kier alpha value is -0.860. The van der Waals surface area contributed by atoms with Crippen LogP contribution in [-0.4, -0.2) is 16.9 Å². The Morgan fingerprint density at radius 3 is 2.00 bits per heavy atom. The quantitative estimate of drug-likeness (QED) is 0.647. The van der Waals surface area contributed by atoms with E-state index in [0.29, 0.717) is 0 Å². The fourth-order valence-electron chi connectivity index (χ4n) is 1.83. The van der Waals surface area contributed by atoms with Gasteiger partial charge in [0.25, 0.3) is 0 Å². The van der Waals surface area contributed by atoms with E-state index in [2.05, 4.69) is 0 Å². The number of hydrogen-bond donors (Lipinski definition) is 1. The van der Waals surface area contributed by atoms with E-state index >= 15 is 0 Å². The first-order valence-electron chi connectivity index (χ1n) is 3.66. The number of aliphatic carboxylic acids is 1.